The number of halogens is 1. The van der Waals surface area contributed by atoms with Crippen LogP contribution in [0.15, 0.2) is 12.4 Å². The Bertz CT molecular complexity index is 367. The molecule has 2 heterocycles. The fourth-order valence-corrected chi connectivity index (χ4v) is 2.49. The molecule has 0 saturated carbocycles. The molecule has 0 aliphatic carbocycles. The minimum absolute atomic E-state index is 0.457. The van der Waals surface area contributed by atoms with Crippen LogP contribution in [0, 0.1) is 5.95 Å². The van der Waals surface area contributed by atoms with E-state index in [2.05, 4.69) is 33.6 Å². The van der Waals surface area contributed by atoms with Crippen molar-refractivity contribution in [1.82, 2.24) is 14.9 Å². The summed E-state index contributed by atoms with van der Waals surface area (Å²) in [5, 5.41) is 0. The zero-order chi connectivity index (χ0) is 12.3. The van der Waals surface area contributed by atoms with E-state index in [0.29, 0.717) is 11.9 Å². The summed E-state index contributed by atoms with van der Waals surface area (Å²) >= 11 is 0. The Balaban J connectivity index is 2.02. The zero-order valence-corrected chi connectivity index (χ0v) is 10.4. The quantitative estimate of drug-likeness (QED) is 0.745. The van der Waals surface area contributed by atoms with Crippen LogP contribution in [0.2, 0.25) is 0 Å². The summed E-state index contributed by atoms with van der Waals surface area (Å²) in [4.78, 5) is 12.2. The highest BCUT2D eigenvalue weighted by Crippen LogP contribution is 2.21. The second-order valence-corrected chi connectivity index (χ2v) is 4.31. The number of hydrogen-bond acceptors (Lipinski definition) is 4. The van der Waals surface area contributed by atoms with Gasteiger partial charge in [-0.25, -0.2) is 9.97 Å². The van der Waals surface area contributed by atoms with Crippen molar-refractivity contribution >= 4 is 5.82 Å². The first-order valence-electron chi connectivity index (χ1n) is 6.21. The summed E-state index contributed by atoms with van der Waals surface area (Å²) in [6.45, 7) is 8.35. The highest BCUT2D eigenvalue weighted by Gasteiger charge is 2.26. The molecular weight excluding hydrogens is 219 g/mol. The van der Waals surface area contributed by atoms with Crippen molar-refractivity contribution in [1.29, 1.82) is 0 Å². The van der Waals surface area contributed by atoms with Gasteiger partial charge in [-0.05, 0) is 19.5 Å². The van der Waals surface area contributed by atoms with Gasteiger partial charge < -0.3 is 4.90 Å². The lowest BCUT2D eigenvalue weighted by atomic mass is 10.2. The molecule has 0 spiro atoms. The van der Waals surface area contributed by atoms with Gasteiger partial charge in [0.15, 0.2) is 0 Å². The molecule has 0 N–H and O–H groups in total. The van der Waals surface area contributed by atoms with E-state index in [4.69, 9.17) is 0 Å². The molecule has 17 heavy (non-hydrogen) atoms. The van der Waals surface area contributed by atoms with E-state index in [-0.39, 0.29) is 0 Å². The van der Waals surface area contributed by atoms with Crippen molar-refractivity contribution in [2.45, 2.75) is 26.3 Å². The molecule has 1 aliphatic rings. The summed E-state index contributed by atoms with van der Waals surface area (Å²) < 4.78 is 13.0. The average Bonchev–Trinajstić information content (AvgIpc) is 2.80. The van der Waals surface area contributed by atoms with Crippen LogP contribution < -0.4 is 4.90 Å². The van der Waals surface area contributed by atoms with Gasteiger partial charge in [-0.3, -0.25) is 4.90 Å². The van der Waals surface area contributed by atoms with Gasteiger partial charge in [0.1, 0.15) is 12.1 Å². The van der Waals surface area contributed by atoms with Crippen LogP contribution in [0.4, 0.5) is 10.2 Å². The maximum absolute atomic E-state index is 13.0. The van der Waals surface area contributed by atoms with E-state index in [1.54, 1.807) is 0 Å². The molecule has 1 saturated heterocycles. The number of anilines is 1. The topological polar surface area (TPSA) is 32.3 Å². The van der Waals surface area contributed by atoms with Crippen LogP contribution in [0.25, 0.3) is 0 Å². The third-order valence-corrected chi connectivity index (χ3v) is 3.44. The minimum atomic E-state index is -0.457. The van der Waals surface area contributed by atoms with Gasteiger partial charge in [0.25, 0.3) is 0 Å². The minimum Gasteiger partial charge on any atom is -0.355 e. The van der Waals surface area contributed by atoms with Crippen molar-refractivity contribution in [3.63, 3.8) is 0 Å². The van der Waals surface area contributed by atoms with E-state index in [1.165, 1.54) is 12.4 Å². The van der Waals surface area contributed by atoms with Crippen LogP contribution in [-0.4, -0.2) is 47.1 Å². The molecule has 0 radical (unpaired) electrons. The maximum Gasteiger partial charge on any atom is 0.218 e. The van der Waals surface area contributed by atoms with Gasteiger partial charge in [0.2, 0.25) is 5.95 Å². The molecule has 0 aromatic carbocycles. The van der Waals surface area contributed by atoms with E-state index in [9.17, 15) is 4.39 Å². The Hall–Kier alpha value is -1.23. The van der Waals surface area contributed by atoms with Gasteiger partial charge in [-0.1, -0.05) is 13.8 Å². The standard InChI is InChI=1S/C12H19FN4/c1-3-16(4-2)10-5-6-17(8-10)12-7-11(13)14-9-15-12/h7,9-10H,3-6,8H2,1-2H3. The van der Waals surface area contributed by atoms with E-state index in [1.807, 2.05) is 0 Å². The lowest BCUT2D eigenvalue weighted by Gasteiger charge is -2.26. The smallest absolute Gasteiger partial charge is 0.218 e. The first-order chi connectivity index (χ1) is 8.24. The summed E-state index contributed by atoms with van der Waals surface area (Å²) in [6, 6.07) is 1.97. The van der Waals surface area contributed by atoms with Crippen molar-refractivity contribution in [2.24, 2.45) is 0 Å². The summed E-state index contributed by atoms with van der Waals surface area (Å²) in [7, 11) is 0. The van der Waals surface area contributed by atoms with Crippen LogP contribution in [0.3, 0.4) is 0 Å². The zero-order valence-electron chi connectivity index (χ0n) is 10.4. The largest absolute Gasteiger partial charge is 0.355 e. The maximum atomic E-state index is 13.0. The molecule has 1 aliphatic heterocycles. The lowest BCUT2D eigenvalue weighted by molar-refractivity contribution is 0.232. The van der Waals surface area contributed by atoms with Crippen LogP contribution in [0.5, 0.6) is 0 Å². The van der Waals surface area contributed by atoms with Gasteiger partial charge in [0.05, 0.1) is 0 Å². The number of nitrogens with zero attached hydrogens (tertiary/aromatic N) is 4. The van der Waals surface area contributed by atoms with Crippen molar-refractivity contribution in [3.05, 3.63) is 18.3 Å². The van der Waals surface area contributed by atoms with Gasteiger partial charge in [-0.15, -0.1) is 0 Å². The molecule has 4 nitrogen and oxygen atoms in total. The second-order valence-electron chi connectivity index (χ2n) is 4.31. The molecule has 0 amide bonds. The molecular formula is C12H19FN4. The Morgan fingerprint density at radius 2 is 2.18 bits per heavy atom. The molecule has 1 atom stereocenters. The third-order valence-electron chi connectivity index (χ3n) is 3.44. The van der Waals surface area contributed by atoms with Gasteiger partial charge in [0, 0.05) is 25.2 Å². The first-order valence-corrected chi connectivity index (χ1v) is 6.21. The average molecular weight is 238 g/mol. The molecule has 1 aromatic rings. The highest BCUT2D eigenvalue weighted by molar-refractivity contribution is 5.38. The Morgan fingerprint density at radius 1 is 1.41 bits per heavy atom. The second kappa shape index (κ2) is 5.40. The van der Waals surface area contributed by atoms with Gasteiger partial charge >= 0.3 is 0 Å². The summed E-state index contributed by atoms with van der Waals surface area (Å²) in [5.74, 6) is 0.244. The molecule has 94 valence electrons. The van der Waals surface area contributed by atoms with E-state index in [0.717, 1.165) is 32.6 Å². The third kappa shape index (κ3) is 2.72. The summed E-state index contributed by atoms with van der Waals surface area (Å²) in [5.41, 5.74) is 0. The normalized spacial score (nSPS) is 20.2. The summed E-state index contributed by atoms with van der Waals surface area (Å²) in [6.07, 6.45) is 2.41. The molecule has 1 unspecified atom stereocenters. The van der Waals surface area contributed by atoms with E-state index < -0.39 is 5.95 Å². The Labute approximate surface area is 101 Å². The number of likely N-dealkylation sites (N-methyl/N-ethyl adjacent to an activating group) is 1. The fraction of sp³-hybridized carbons (Fsp3) is 0.667. The first kappa shape index (κ1) is 12.2. The Morgan fingerprint density at radius 3 is 2.82 bits per heavy atom. The van der Waals surface area contributed by atoms with Crippen LogP contribution >= 0.6 is 0 Å². The number of hydrogen-bond donors (Lipinski definition) is 0. The van der Waals surface area contributed by atoms with E-state index >= 15 is 0 Å². The predicted octanol–water partition coefficient (Wildman–Crippen LogP) is 1.54. The molecule has 1 aromatic heterocycles. The van der Waals surface area contributed by atoms with Crippen molar-refractivity contribution in [3.8, 4) is 0 Å². The molecule has 0 bridgehead atoms. The highest BCUT2D eigenvalue weighted by atomic mass is 19.1. The van der Waals surface area contributed by atoms with Gasteiger partial charge in [-0.2, -0.15) is 4.39 Å². The van der Waals surface area contributed by atoms with Crippen molar-refractivity contribution < 1.29 is 4.39 Å². The van der Waals surface area contributed by atoms with Crippen molar-refractivity contribution in [2.75, 3.05) is 31.1 Å². The van der Waals surface area contributed by atoms with Crippen LogP contribution in [0.1, 0.15) is 20.3 Å². The number of aromatic nitrogens is 2. The monoisotopic (exact) mass is 238 g/mol. The number of rotatable bonds is 4. The Kier molecular flexibility index (Phi) is 3.89. The molecule has 5 heteroatoms. The van der Waals surface area contributed by atoms with Crippen LogP contribution in [-0.2, 0) is 0 Å². The predicted molar refractivity (Wildman–Crippen MR) is 65.5 cm³/mol. The SMILES string of the molecule is CCN(CC)C1CCN(c2cc(F)ncn2)C1. The molecule has 1 fully saturated rings. The fourth-order valence-electron chi connectivity index (χ4n) is 2.49. The molecule has 2 rings (SSSR count). The lowest BCUT2D eigenvalue weighted by Crippen LogP contribution is -2.37.